The number of hydrogen-bond acceptors (Lipinski definition) is 4. The molecule has 1 unspecified atom stereocenters. The molecule has 1 aliphatic rings. The van der Waals surface area contributed by atoms with Crippen LogP contribution in [0.3, 0.4) is 0 Å². The van der Waals surface area contributed by atoms with Gasteiger partial charge in [0.05, 0.1) is 5.69 Å². The molecule has 1 aromatic rings. The van der Waals surface area contributed by atoms with E-state index in [1.807, 2.05) is 0 Å². The summed E-state index contributed by atoms with van der Waals surface area (Å²) < 4.78 is 60.8. The molecule has 1 aliphatic heterocycles. The van der Waals surface area contributed by atoms with Crippen molar-refractivity contribution in [3.8, 4) is 0 Å². The summed E-state index contributed by atoms with van der Waals surface area (Å²) in [6.45, 7) is 2.89. The Kier molecular flexibility index (Phi) is 6.48. The molecule has 0 radical (unpaired) electrons. The molecule has 1 fully saturated rings. The van der Waals surface area contributed by atoms with E-state index in [0.29, 0.717) is 6.54 Å². The number of halogens is 4. The van der Waals surface area contributed by atoms with E-state index < -0.39 is 15.5 Å². The zero-order chi connectivity index (χ0) is 17.3. The average molecular weight is 388 g/mol. The molecule has 136 valence electrons. The fourth-order valence-electron chi connectivity index (χ4n) is 2.17. The minimum absolute atomic E-state index is 0. The summed E-state index contributed by atoms with van der Waals surface area (Å²) in [5.41, 5.74) is -5.15. The first-order chi connectivity index (χ1) is 10.6. The zero-order valence-corrected chi connectivity index (χ0v) is 14.2. The molecule has 11 heteroatoms. The predicted molar refractivity (Wildman–Crippen MR) is 85.8 cm³/mol. The highest BCUT2D eigenvalue weighted by molar-refractivity contribution is 7.93. The number of rotatable bonds is 4. The molecule has 1 saturated heterocycles. The van der Waals surface area contributed by atoms with Gasteiger partial charge in [-0.05, 0) is 43.7 Å². The highest BCUT2D eigenvalue weighted by atomic mass is 35.5. The van der Waals surface area contributed by atoms with Crippen LogP contribution in [0.4, 0.5) is 18.9 Å². The maximum atomic E-state index is 12.4. The van der Waals surface area contributed by atoms with Crippen molar-refractivity contribution in [2.75, 3.05) is 17.8 Å². The summed E-state index contributed by atoms with van der Waals surface area (Å²) in [5.74, 6) is -0.355. The van der Waals surface area contributed by atoms with Crippen LogP contribution < -0.4 is 15.4 Å². The van der Waals surface area contributed by atoms with Gasteiger partial charge in [0.15, 0.2) is 0 Å². The summed E-state index contributed by atoms with van der Waals surface area (Å²) in [6, 6.07) is 3.76. The van der Waals surface area contributed by atoms with Crippen molar-refractivity contribution in [3.63, 3.8) is 0 Å². The molecule has 0 saturated carbocycles. The van der Waals surface area contributed by atoms with Gasteiger partial charge in [-0.25, -0.2) is 0 Å². The maximum absolute atomic E-state index is 12.4. The molecular weight excluding hydrogens is 371 g/mol. The summed E-state index contributed by atoms with van der Waals surface area (Å²) in [5, 5.41) is 5.89. The fourth-order valence-corrected chi connectivity index (χ4v) is 2.80. The largest absolute Gasteiger partial charge is 0.516 e. The van der Waals surface area contributed by atoms with E-state index in [4.69, 9.17) is 0 Å². The van der Waals surface area contributed by atoms with Crippen molar-refractivity contribution in [1.82, 2.24) is 10.6 Å². The van der Waals surface area contributed by atoms with Crippen molar-refractivity contribution in [2.24, 2.45) is 0 Å². The SMILES string of the molecule is Cc1cc(C(=O)NC2CCNC2)ccc1NS(=O)(=O)C(F)(F)F.Cl. The number of nitrogens with one attached hydrogen (secondary N) is 3. The minimum atomic E-state index is -5.48. The Morgan fingerprint density at radius 2 is 2.00 bits per heavy atom. The Balaban J connectivity index is 0.00000288. The lowest BCUT2D eigenvalue weighted by Crippen LogP contribution is -2.36. The number of sulfonamides is 1. The molecular formula is C13H17ClF3N3O3S. The molecule has 0 spiro atoms. The fraction of sp³-hybridized carbons (Fsp3) is 0.462. The molecule has 2 rings (SSSR count). The van der Waals surface area contributed by atoms with Crippen LogP contribution in [-0.4, -0.2) is 39.0 Å². The van der Waals surface area contributed by atoms with Gasteiger partial charge in [0.1, 0.15) is 0 Å². The van der Waals surface area contributed by atoms with E-state index in [1.54, 1.807) is 0 Å². The average Bonchev–Trinajstić information content (AvgIpc) is 2.92. The van der Waals surface area contributed by atoms with Crippen LogP contribution in [0, 0.1) is 6.92 Å². The van der Waals surface area contributed by atoms with E-state index in [9.17, 15) is 26.4 Å². The van der Waals surface area contributed by atoms with E-state index in [2.05, 4.69) is 10.6 Å². The van der Waals surface area contributed by atoms with Gasteiger partial charge in [0.25, 0.3) is 5.91 Å². The summed E-state index contributed by atoms with van der Waals surface area (Å²) >= 11 is 0. The van der Waals surface area contributed by atoms with Crippen LogP contribution in [0.25, 0.3) is 0 Å². The lowest BCUT2D eigenvalue weighted by molar-refractivity contribution is -0.0429. The van der Waals surface area contributed by atoms with Crippen molar-refractivity contribution >= 4 is 34.0 Å². The Bertz CT molecular complexity index is 704. The van der Waals surface area contributed by atoms with E-state index in [-0.39, 0.29) is 41.2 Å². The third-order valence-electron chi connectivity index (χ3n) is 3.43. The quantitative estimate of drug-likeness (QED) is 0.734. The second kappa shape index (κ2) is 7.58. The van der Waals surface area contributed by atoms with Crippen LogP contribution in [0.2, 0.25) is 0 Å². The third kappa shape index (κ3) is 4.74. The smallest absolute Gasteiger partial charge is 0.348 e. The van der Waals surface area contributed by atoms with Crippen molar-refractivity contribution in [3.05, 3.63) is 29.3 Å². The standard InChI is InChI=1S/C13H16F3N3O3S.ClH/c1-8-6-9(12(20)18-10-4-5-17-7-10)2-3-11(8)19-23(21,22)13(14,15)16;/h2-3,6,10,17,19H,4-5,7H2,1H3,(H,18,20);1H. The zero-order valence-electron chi connectivity index (χ0n) is 12.6. The molecule has 0 bridgehead atoms. The van der Waals surface area contributed by atoms with Crippen LogP contribution in [0.1, 0.15) is 22.3 Å². The van der Waals surface area contributed by atoms with Gasteiger partial charge in [0, 0.05) is 18.2 Å². The van der Waals surface area contributed by atoms with Crippen molar-refractivity contribution in [1.29, 1.82) is 0 Å². The molecule has 1 amide bonds. The van der Waals surface area contributed by atoms with E-state index >= 15 is 0 Å². The number of benzene rings is 1. The number of amides is 1. The van der Waals surface area contributed by atoms with Gasteiger partial charge in [-0.1, -0.05) is 0 Å². The van der Waals surface area contributed by atoms with Crippen LogP contribution in [-0.2, 0) is 10.0 Å². The maximum Gasteiger partial charge on any atom is 0.516 e. The number of carbonyl (C=O) groups excluding carboxylic acids is 1. The molecule has 1 aromatic carbocycles. The van der Waals surface area contributed by atoms with Crippen molar-refractivity contribution in [2.45, 2.75) is 24.9 Å². The van der Waals surface area contributed by atoms with E-state index in [1.165, 1.54) is 23.8 Å². The van der Waals surface area contributed by atoms with Crippen LogP contribution in [0.15, 0.2) is 18.2 Å². The topological polar surface area (TPSA) is 87.3 Å². The number of hydrogen-bond donors (Lipinski definition) is 3. The lowest BCUT2D eigenvalue weighted by Gasteiger charge is -2.14. The van der Waals surface area contributed by atoms with Gasteiger partial charge in [-0.15, -0.1) is 12.4 Å². The molecule has 1 atom stereocenters. The number of anilines is 1. The van der Waals surface area contributed by atoms with Gasteiger partial charge in [-0.3, -0.25) is 9.52 Å². The highest BCUT2D eigenvalue weighted by Gasteiger charge is 2.46. The Labute approximate surface area is 143 Å². The Morgan fingerprint density at radius 3 is 2.50 bits per heavy atom. The van der Waals surface area contributed by atoms with E-state index in [0.717, 1.165) is 19.0 Å². The number of carbonyl (C=O) groups is 1. The second-order valence-electron chi connectivity index (χ2n) is 5.24. The number of alkyl halides is 3. The van der Waals surface area contributed by atoms with Gasteiger partial charge >= 0.3 is 15.5 Å². The normalized spacial score (nSPS) is 17.9. The van der Waals surface area contributed by atoms with Gasteiger partial charge in [-0.2, -0.15) is 21.6 Å². The molecule has 6 nitrogen and oxygen atoms in total. The highest BCUT2D eigenvalue weighted by Crippen LogP contribution is 2.27. The summed E-state index contributed by atoms with van der Waals surface area (Å²) in [4.78, 5) is 12.1. The first-order valence-corrected chi connectivity index (χ1v) is 8.30. The Morgan fingerprint density at radius 1 is 1.33 bits per heavy atom. The first-order valence-electron chi connectivity index (χ1n) is 6.81. The van der Waals surface area contributed by atoms with Crippen LogP contribution >= 0.6 is 12.4 Å². The Hall–Kier alpha value is -1.52. The van der Waals surface area contributed by atoms with Crippen molar-refractivity contribution < 1.29 is 26.4 Å². The first kappa shape index (κ1) is 20.5. The summed E-state index contributed by atoms with van der Waals surface area (Å²) in [7, 11) is -5.48. The minimum Gasteiger partial charge on any atom is -0.348 e. The van der Waals surface area contributed by atoms with Gasteiger partial charge in [0.2, 0.25) is 0 Å². The number of aryl methyl sites for hydroxylation is 1. The second-order valence-corrected chi connectivity index (χ2v) is 6.92. The monoisotopic (exact) mass is 387 g/mol. The molecule has 3 N–H and O–H groups in total. The summed E-state index contributed by atoms with van der Waals surface area (Å²) in [6.07, 6.45) is 0.800. The molecule has 1 heterocycles. The molecule has 0 aliphatic carbocycles. The van der Waals surface area contributed by atoms with Crippen LogP contribution in [0.5, 0.6) is 0 Å². The third-order valence-corrected chi connectivity index (χ3v) is 4.53. The molecule has 24 heavy (non-hydrogen) atoms. The molecule has 0 aromatic heterocycles. The lowest BCUT2D eigenvalue weighted by atomic mass is 10.1. The predicted octanol–water partition coefficient (Wildman–Crippen LogP) is 1.77. The van der Waals surface area contributed by atoms with Gasteiger partial charge < -0.3 is 10.6 Å².